The summed E-state index contributed by atoms with van der Waals surface area (Å²) in [6.07, 6.45) is 0.904. The fraction of sp³-hybridized carbons (Fsp3) is 0.400. The molecule has 102 valence electrons. The van der Waals surface area contributed by atoms with Gasteiger partial charge in [-0.2, -0.15) is 0 Å². The zero-order valence-corrected chi connectivity index (χ0v) is 11.9. The molecule has 1 aromatic heterocycles. The standard InChI is InChI=1S/C15H21N3O/c1-11(2)10-18-14-6-5-12(19-4)9-13(14)17-15(18)7-8-16-3/h5-6,9,16H,1,7-8,10H2,2-4H3. The Bertz CT molecular complexity index is 586. The van der Waals surface area contributed by atoms with E-state index >= 15 is 0 Å². The van der Waals surface area contributed by atoms with E-state index in [9.17, 15) is 0 Å². The zero-order valence-electron chi connectivity index (χ0n) is 11.9. The number of hydrogen-bond acceptors (Lipinski definition) is 3. The predicted molar refractivity (Wildman–Crippen MR) is 78.7 cm³/mol. The number of methoxy groups -OCH3 is 1. The van der Waals surface area contributed by atoms with Gasteiger partial charge in [-0.15, -0.1) is 0 Å². The summed E-state index contributed by atoms with van der Waals surface area (Å²) in [4.78, 5) is 4.71. The van der Waals surface area contributed by atoms with Crippen molar-refractivity contribution in [2.45, 2.75) is 19.9 Å². The van der Waals surface area contributed by atoms with Crippen LogP contribution < -0.4 is 10.1 Å². The monoisotopic (exact) mass is 259 g/mol. The van der Waals surface area contributed by atoms with Gasteiger partial charge in [0.1, 0.15) is 11.6 Å². The average Bonchev–Trinajstić information content (AvgIpc) is 2.73. The molecule has 0 aliphatic rings. The van der Waals surface area contributed by atoms with Gasteiger partial charge in [-0.25, -0.2) is 4.98 Å². The summed E-state index contributed by atoms with van der Waals surface area (Å²) in [5, 5.41) is 3.16. The van der Waals surface area contributed by atoms with Gasteiger partial charge in [0.15, 0.2) is 0 Å². The number of rotatable bonds is 6. The molecule has 0 aliphatic heterocycles. The summed E-state index contributed by atoms with van der Waals surface area (Å²) >= 11 is 0. The highest BCUT2D eigenvalue weighted by Crippen LogP contribution is 2.22. The van der Waals surface area contributed by atoms with Crippen LogP contribution in [0.1, 0.15) is 12.7 Å². The van der Waals surface area contributed by atoms with Crippen LogP contribution in [0.5, 0.6) is 5.75 Å². The summed E-state index contributed by atoms with van der Waals surface area (Å²) < 4.78 is 7.49. The molecule has 0 fully saturated rings. The van der Waals surface area contributed by atoms with Crippen LogP contribution in [-0.4, -0.2) is 30.3 Å². The summed E-state index contributed by atoms with van der Waals surface area (Å²) in [5.74, 6) is 1.92. The number of imidazole rings is 1. The number of ether oxygens (including phenoxy) is 1. The van der Waals surface area contributed by atoms with Gasteiger partial charge in [-0.3, -0.25) is 0 Å². The number of nitrogens with one attached hydrogen (secondary N) is 1. The van der Waals surface area contributed by atoms with Crippen LogP contribution in [0.3, 0.4) is 0 Å². The highest BCUT2D eigenvalue weighted by Gasteiger charge is 2.11. The van der Waals surface area contributed by atoms with Gasteiger partial charge in [0.25, 0.3) is 0 Å². The second kappa shape index (κ2) is 5.89. The van der Waals surface area contributed by atoms with Crippen LogP contribution in [0.25, 0.3) is 11.0 Å². The maximum absolute atomic E-state index is 5.25. The summed E-state index contributed by atoms with van der Waals surface area (Å²) in [6, 6.07) is 6.01. The second-order valence-electron chi connectivity index (χ2n) is 4.78. The van der Waals surface area contributed by atoms with E-state index in [0.29, 0.717) is 0 Å². The Morgan fingerprint density at radius 2 is 2.26 bits per heavy atom. The predicted octanol–water partition coefficient (Wildman–Crippen LogP) is 2.38. The molecular formula is C15H21N3O. The molecule has 1 heterocycles. The van der Waals surface area contributed by atoms with E-state index in [1.54, 1.807) is 7.11 Å². The third kappa shape index (κ3) is 2.96. The second-order valence-corrected chi connectivity index (χ2v) is 4.78. The van der Waals surface area contributed by atoms with Crippen molar-refractivity contribution >= 4 is 11.0 Å². The van der Waals surface area contributed by atoms with Gasteiger partial charge in [0, 0.05) is 25.6 Å². The van der Waals surface area contributed by atoms with Gasteiger partial charge < -0.3 is 14.6 Å². The van der Waals surface area contributed by atoms with Crippen molar-refractivity contribution < 1.29 is 4.74 Å². The molecule has 2 rings (SSSR count). The van der Waals surface area contributed by atoms with Crippen LogP contribution in [0.2, 0.25) is 0 Å². The van der Waals surface area contributed by atoms with Gasteiger partial charge in [-0.1, -0.05) is 12.2 Å². The number of allylic oxidation sites excluding steroid dienone is 1. The lowest BCUT2D eigenvalue weighted by Crippen LogP contribution is -2.14. The molecular weight excluding hydrogens is 238 g/mol. The largest absolute Gasteiger partial charge is 0.497 e. The minimum absolute atomic E-state index is 0.807. The van der Waals surface area contributed by atoms with E-state index in [1.165, 1.54) is 0 Å². The summed E-state index contributed by atoms with van der Waals surface area (Å²) in [7, 11) is 3.63. The lowest BCUT2D eigenvalue weighted by Gasteiger charge is -2.09. The molecule has 0 saturated carbocycles. The smallest absolute Gasteiger partial charge is 0.121 e. The molecule has 0 amide bonds. The van der Waals surface area contributed by atoms with Gasteiger partial charge in [-0.05, 0) is 26.1 Å². The Labute approximate surface area is 114 Å². The molecule has 2 aromatic rings. The first kappa shape index (κ1) is 13.6. The zero-order chi connectivity index (χ0) is 13.8. The molecule has 19 heavy (non-hydrogen) atoms. The first-order chi connectivity index (χ1) is 9.15. The van der Waals surface area contributed by atoms with Crippen molar-refractivity contribution in [3.8, 4) is 5.75 Å². The van der Waals surface area contributed by atoms with Gasteiger partial charge in [0.2, 0.25) is 0 Å². The summed E-state index contributed by atoms with van der Waals surface area (Å²) in [6.45, 7) is 7.76. The van der Waals surface area contributed by atoms with Crippen LogP contribution in [-0.2, 0) is 13.0 Å². The van der Waals surface area contributed by atoms with Crippen molar-refractivity contribution in [1.82, 2.24) is 14.9 Å². The van der Waals surface area contributed by atoms with E-state index in [4.69, 9.17) is 9.72 Å². The fourth-order valence-electron chi connectivity index (χ4n) is 2.16. The first-order valence-corrected chi connectivity index (χ1v) is 6.48. The van der Waals surface area contributed by atoms with Crippen molar-refractivity contribution in [3.05, 3.63) is 36.2 Å². The summed E-state index contributed by atoms with van der Waals surface area (Å²) in [5.41, 5.74) is 3.24. The minimum Gasteiger partial charge on any atom is -0.497 e. The molecule has 0 aliphatic carbocycles. The number of nitrogens with zero attached hydrogens (tertiary/aromatic N) is 2. The van der Waals surface area contributed by atoms with E-state index < -0.39 is 0 Å². The lowest BCUT2D eigenvalue weighted by atomic mass is 10.2. The quantitative estimate of drug-likeness (QED) is 0.810. The maximum Gasteiger partial charge on any atom is 0.121 e. The SMILES string of the molecule is C=C(C)Cn1c(CCNC)nc2cc(OC)ccc21. The molecule has 0 unspecified atom stereocenters. The van der Waals surface area contributed by atoms with Crippen molar-refractivity contribution in [3.63, 3.8) is 0 Å². The van der Waals surface area contributed by atoms with Crippen LogP contribution in [0.4, 0.5) is 0 Å². The van der Waals surface area contributed by atoms with Crippen LogP contribution in [0, 0.1) is 0 Å². The molecule has 1 N–H and O–H groups in total. The number of aromatic nitrogens is 2. The van der Waals surface area contributed by atoms with Crippen LogP contribution in [0.15, 0.2) is 30.4 Å². The van der Waals surface area contributed by atoms with Crippen molar-refractivity contribution in [2.24, 2.45) is 0 Å². The highest BCUT2D eigenvalue weighted by atomic mass is 16.5. The first-order valence-electron chi connectivity index (χ1n) is 6.48. The molecule has 4 nitrogen and oxygen atoms in total. The fourth-order valence-corrected chi connectivity index (χ4v) is 2.16. The molecule has 1 aromatic carbocycles. The number of likely N-dealkylation sites (N-methyl/N-ethyl adjacent to an activating group) is 1. The topological polar surface area (TPSA) is 39.1 Å². The number of hydrogen-bond donors (Lipinski definition) is 1. The highest BCUT2D eigenvalue weighted by molar-refractivity contribution is 5.78. The van der Waals surface area contributed by atoms with E-state index in [-0.39, 0.29) is 0 Å². The Morgan fingerprint density at radius 1 is 1.47 bits per heavy atom. The third-order valence-corrected chi connectivity index (χ3v) is 3.06. The lowest BCUT2D eigenvalue weighted by molar-refractivity contribution is 0.415. The van der Waals surface area contributed by atoms with Gasteiger partial charge >= 0.3 is 0 Å². The molecule has 0 radical (unpaired) electrons. The Kier molecular flexibility index (Phi) is 4.22. The third-order valence-electron chi connectivity index (χ3n) is 3.06. The molecule has 0 saturated heterocycles. The van der Waals surface area contributed by atoms with E-state index in [2.05, 4.69) is 22.5 Å². The van der Waals surface area contributed by atoms with Crippen molar-refractivity contribution in [1.29, 1.82) is 0 Å². The Hall–Kier alpha value is -1.81. The van der Waals surface area contributed by atoms with E-state index in [1.807, 2.05) is 26.1 Å². The average molecular weight is 259 g/mol. The Morgan fingerprint density at radius 3 is 2.89 bits per heavy atom. The maximum atomic E-state index is 5.25. The number of fused-ring (bicyclic) bond motifs is 1. The number of benzene rings is 1. The molecule has 0 atom stereocenters. The van der Waals surface area contributed by atoms with Gasteiger partial charge in [0.05, 0.1) is 18.1 Å². The molecule has 4 heteroatoms. The van der Waals surface area contributed by atoms with E-state index in [0.717, 1.165) is 47.7 Å². The van der Waals surface area contributed by atoms with Crippen molar-refractivity contribution in [2.75, 3.05) is 20.7 Å². The molecule has 0 bridgehead atoms. The van der Waals surface area contributed by atoms with Crippen LogP contribution >= 0.6 is 0 Å². The normalized spacial score (nSPS) is 10.9. The minimum atomic E-state index is 0.807. The molecule has 0 spiro atoms. The Balaban J connectivity index is 2.48.